The smallest absolute Gasteiger partial charge is 0.324 e. The normalized spacial score (nSPS) is 12.2. The van der Waals surface area contributed by atoms with Gasteiger partial charge >= 0.3 is 7.60 Å². The molecule has 0 aliphatic carbocycles. The lowest BCUT2D eigenvalue weighted by Gasteiger charge is -2.11. The molecule has 0 heterocycles. The Morgan fingerprint density at radius 1 is 0.750 bits per heavy atom. The quantitative estimate of drug-likeness (QED) is 0.329. The second kappa shape index (κ2) is 12.9. The van der Waals surface area contributed by atoms with Gasteiger partial charge in [-0.1, -0.05) is 84.5 Å². The molecule has 0 radical (unpaired) electrons. The minimum atomic E-state index is -3.75. The van der Waals surface area contributed by atoms with E-state index in [0.29, 0.717) is 6.42 Å². The molecule has 0 aromatic rings. The minimum absolute atomic E-state index is 0.0586. The third-order valence-electron chi connectivity index (χ3n) is 4.22. The van der Waals surface area contributed by atoms with Gasteiger partial charge in [-0.2, -0.15) is 0 Å². The highest BCUT2D eigenvalue weighted by Gasteiger charge is 2.10. The zero-order valence-corrected chi connectivity index (χ0v) is 14.4. The average molecular weight is 306 g/mol. The van der Waals surface area contributed by atoms with Crippen molar-refractivity contribution in [2.75, 3.05) is 6.16 Å². The third kappa shape index (κ3) is 14.6. The van der Waals surface area contributed by atoms with Crippen LogP contribution < -0.4 is 0 Å². The van der Waals surface area contributed by atoms with Gasteiger partial charge in [0.1, 0.15) is 0 Å². The number of hydrogen-bond acceptors (Lipinski definition) is 1. The van der Waals surface area contributed by atoms with Gasteiger partial charge in [0.2, 0.25) is 0 Å². The predicted octanol–water partition coefficient (Wildman–Crippen LogP) is 5.50. The fourth-order valence-corrected chi connectivity index (χ4v) is 3.32. The van der Waals surface area contributed by atoms with E-state index in [1.165, 1.54) is 57.8 Å². The lowest BCUT2D eigenvalue weighted by molar-refractivity contribution is 0.370. The Labute approximate surface area is 125 Å². The molecule has 0 aliphatic heterocycles. The Balaban J connectivity index is 3.15. The summed E-state index contributed by atoms with van der Waals surface area (Å²) in [6, 6.07) is 0. The van der Waals surface area contributed by atoms with Gasteiger partial charge in [0.15, 0.2) is 0 Å². The standard InChI is InChI=1S/C16H35O3P/c1-3-16(4-2)14-12-10-8-6-5-7-9-11-13-15-20(17,18)19/h16H,3-15H2,1-2H3,(H2,17,18,19). The van der Waals surface area contributed by atoms with Crippen molar-refractivity contribution in [2.45, 2.75) is 90.9 Å². The first-order valence-electron chi connectivity index (χ1n) is 8.54. The van der Waals surface area contributed by atoms with Crippen LogP contribution in [0.5, 0.6) is 0 Å². The summed E-state index contributed by atoms with van der Waals surface area (Å²) in [4.78, 5) is 17.5. The highest BCUT2D eigenvalue weighted by Crippen LogP contribution is 2.35. The average Bonchev–Trinajstić information content (AvgIpc) is 2.39. The molecular weight excluding hydrogens is 271 g/mol. The van der Waals surface area contributed by atoms with E-state index in [4.69, 9.17) is 9.79 Å². The van der Waals surface area contributed by atoms with Crippen molar-refractivity contribution < 1.29 is 14.4 Å². The second-order valence-corrected chi connectivity index (χ2v) is 7.82. The summed E-state index contributed by atoms with van der Waals surface area (Å²) in [5, 5.41) is 0. The van der Waals surface area contributed by atoms with Gasteiger partial charge in [0, 0.05) is 6.16 Å². The van der Waals surface area contributed by atoms with Gasteiger partial charge in [-0.15, -0.1) is 0 Å². The molecule has 0 saturated carbocycles. The Morgan fingerprint density at radius 3 is 1.55 bits per heavy atom. The zero-order valence-electron chi connectivity index (χ0n) is 13.5. The Kier molecular flexibility index (Phi) is 13.0. The summed E-state index contributed by atoms with van der Waals surface area (Å²) in [6.07, 6.45) is 14.8. The molecule has 3 nitrogen and oxygen atoms in total. The molecule has 0 amide bonds. The SMILES string of the molecule is CCC(CC)CCCCCCCCCCCP(=O)(O)O. The molecule has 20 heavy (non-hydrogen) atoms. The van der Waals surface area contributed by atoms with Crippen molar-refractivity contribution in [3.63, 3.8) is 0 Å². The highest BCUT2D eigenvalue weighted by atomic mass is 31.2. The first-order chi connectivity index (χ1) is 9.49. The predicted molar refractivity (Wildman–Crippen MR) is 87.2 cm³/mol. The van der Waals surface area contributed by atoms with E-state index < -0.39 is 7.60 Å². The molecule has 0 unspecified atom stereocenters. The highest BCUT2D eigenvalue weighted by molar-refractivity contribution is 7.51. The molecule has 0 aromatic carbocycles. The molecule has 0 spiro atoms. The van der Waals surface area contributed by atoms with Crippen LogP contribution in [0, 0.1) is 5.92 Å². The van der Waals surface area contributed by atoms with Crippen LogP contribution in [0.15, 0.2) is 0 Å². The summed E-state index contributed by atoms with van der Waals surface area (Å²) in [6.45, 7) is 4.58. The van der Waals surface area contributed by atoms with Gasteiger partial charge in [-0.05, 0) is 12.3 Å². The first kappa shape index (κ1) is 20.1. The Bertz CT molecular complexity index is 246. The molecule has 0 saturated heterocycles. The van der Waals surface area contributed by atoms with E-state index >= 15 is 0 Å². The summed E-state index contributed by atoms with van der Waals surface area (Å²) < 4.78 is 10.7. The maximum Gasteiger partial charge on any atom is 0.325 e. The fraction of sp³-hybridized carbons (Fsp3) is 1.00. The summed E-state index contributed by atoms with van der Waals surface area (Å²) >= 11 is 0. The van der Waals surface area contributed by atoms with E-state index in [-0.39, 0.29) is 6.16 Å². The summed E-state index contributed by atoms with van der Waals surface area (Å²) in [7, 11) is -3.75. The second-order valence-electron chi connectivity index (χ2n) is 6.04. The molecular formula is C16H35O3P. The lowest BCUT2D eigenvalue weighted by atomic mass is 9.95. The molecule has 122 valence electrons. The van der Waals surface area contributed by atoms with E-state index in [9.17, 15) is 4.57 Å². The number of unbranched alkanes of at least 4 members (excludes halogenated alkanes) is 8. The van der Waals surface area contributed by atoms with Crippen molar-refractivity contribution in [1.29, 1.82) is 0 Å². The van der Waals surface area contributed by atoms with E-state index in [2.05, 4.69) is 13.8 Å². The van der Waals surface area contributed by atoms with Crippen LogP contribution in [0.3, 0.4) is 0 Å². The van der Waals surface area contributed by atoms with Gasteiger partial charge < -0.3 is 9.79 Å². The van der Waals surface area contributed by atoms with Gasteiger partial charge in [0.25, 0.3) is 0 Å². The minimum Gasteiger partial charge on any atom is -0.324 e. The molecule has 0 aromatic heterocycles. The van der Waals surface area contributed by atoms with E-state index in [0.717, 1.165) is 18.8 Å². The van der Waals surface area contributed by atoms with Crippen LogP contribution in [0.1, 0.15) is 90.9 Å². The summed E-state index contributed by atoms with van der Waals surface area (Å²) in [5.41, 5.74) is 0. The molecule has 4 heteroatoms. The van der Waals surface area contributed by atoms with Crippen molar-refractivity contribution in [3.8, 4) is 0 Å². The maximum atomic E-state index is 10.7. The Hall–Kier alpha value is 0.150. The van der Waals surface area contributed by atoms with E-state index in [1.54, 1.807) is 0 Å². The Morgan fingerprint density at radius 2 is 1.15 bits per heavy atom. The van der Waals surface area contributed by atoms with Crippen molar-refractivity contribution in [2.24, 2.45) is 5.92 Å². The molecule has 0 fully saturated rings. The van der Waals surface area contributed by atoms with Crippen LogP contribution in [-0.4, -0.2) is 15.9 Å². The van der Waals surface area contributed by atoms with Crippen LogP contribution in [-0.2, 0) is 4.57 Å². The van der Waals surface area contributed by atoms with Crippen LogP contribution in [0.4, 0.5) is 0 Å². The van der Waals surface area contributed by atoms with Gasteiger partial charge in [-0.25, -0.2) is 0 Å². The summed E-state index contributed by atoms with van der Waals surface area (Å²) in [5.74, 6) is 0.934. The molecule has 2 N–H and O–H groups in total. The van der Waals surface area contributed by atoms with Gasteiger partial charge in [-0.3, -0.25) is 4.57 Å². The largest absolute Gasteiger partial charge is 0.325 e. The molecule has 0 aliphatic rings. The molecule has 0 bridgehead atoms. The maximum absolute atomic E-state index is 10.7. The van der Waals surface area contributed by atoms with Crippen molar-refractivity contribution in [1.82, 2.24) is 0 Å². The van der Waals surface area contributed by atoms with Crippen LogP contribution >= 0.6 is 7.60 Å². The van der Waals surface area contributed by atoms with Crippen LogP contribution in [0.25, 0.3) is 0 Å². The van der Waals surface area contributed by atoms with Gasteiger partial charge in [0.05, 0.1) is 0 Å². The van der Waals surface area contributed by atoms with Crippen LogP contribution in [0.2, 0.25) is 0 Å². The third-order valence-corrected chi connectivity index (χ3v) is 5.12. The van der Waals surface area contributed by atoms with Crippen molar-refractivity contribution in [3.05, 3.63) is 0 Å². The number of rotatable bonds is 14. The molecule has 0 atom stereocenters. The molecule has 0 rings (SSSR count). The zero-order chi connectivity index (χ0) is 15.3. The monoisotopic (exact) mass is 306 g/mol. The first-order valence-corrected chi connectivity index (χ1v) is 10.3. The topological polar surface area (TPSA) is 57.5 Å². The number of hydrogen-bond donors (Lipinski definition) is 2. The lowest BCUT2D eigenvalue weighted by Crippen LogP contribution is -1.96. The fourth-order valence-electron chi connectivity index (χ4n) is 2.69. The van der Waals surface area contributed by atoms with Crippen molar-refractivity contribution >= 4 is 7.60 Å². The van der Waals surface area contributed by atoms with E-state index in [1.807, 2.05) is 0 Å².